The molecule has 3 aromatic rings. The number of likely N-dealkylation sites (tertiary alicyclic amines) is 1. The minimum atomic E-state index is -3.42. The third kappa shape index (κ3) is 3.94. The molecule has 4 rings (SSSR count). The van der Waals surface area contributed by atoms with Crippen LogP contribution in [-0.2, 0) is 22.6 Å². The Morgan fingerprint density at radius 1 is 1.26 bits per heavy atom. The summed E-state index contributed by atoms with van der Waals surface area (Å²) in [4.78, 5) is 4.64. The molecule has 0 radical (unpaired) electrons. The van der Waals surface area contributed by atoms with Crippen molar-refractivity contribution in [2.75, 3.05) is 19.3 Å². The summed E-state index contributed by atoms with van der Waals surface area (Å²) in [6, 6.07) is 13.0. The molecule has 0 spiro atoms. The van der Waals surface area contributed by atoms with Crippen molar-refractivity contribution >= 4 is 20.7 Å². The fraction of sp³-hybridized carbons (Fsp3) is 0.364. The standard InChI is InChI=1S/C22H26N2O2S/c1-24-12-5-6-19(24)15-18-16-23-22-10-9-17(14-21(18)22)11-13-27(25,26)20-7-3-2-4-8-20/h2-4,7-10,14,16,19,23H,5-6,11-13,15H2,1H3/t19-/m1/s1/i1D3,15D2. The van der Waals surface area contributed by atoms with Gasteiger partial charge in [-0.15, -0.1) is 0 Å². The normalized spacial score (nSPS) is 22.1. The first-order valence-electron chi connectivity index (χ1n) is 11.7. The molecule has 1 fully saturated rings. The second-order valence-corrected chi connectivity index (χ2v) is 9.07. The van der Waals surface area contributed by atoms with Crippen LogP contribution in [0.25, 0.3) is 10.9 Å². The van der Waals surface area contributed by atoms with E-state index in [0.717, 1.165) is 11.1 Å². The summed E-state index contributed by atoms with van der Waals surface area (Å²) in [5, 5.41) is 0.655. The quantitative estimate of drug-likeness (QED) is 0.699. The van der Waals surface area contributed by atoms with Crippen LogP contribution in [0.3, 0.4) is 0 Å². The fourth-order valence-corrected chi connectivity index (χ4v) is 4.85. The lowest BCUT2D eigenvalue weighted by Gasteiger charge is -2.18. The van der Waals surface area contributed by atoms with Crippen molar-refractivity contribution in [3.63, 3.8) is 0 Å². The number of hydrogen-bond acceptors (Lipinski definition) is 3. The van der Waals surface area contributed by atoms with Crippen LogP contribution in [0.4, 0.5) is 0 Å². The molecular formula is C22H26N2O2S. The van der Waals surface area contributed by atoms with Crippen LogP contribution in [0.1, 0.15) is 30.8 Å². The molecule has 0 aliphatic carbocycles. The van der Waals surface area contributed by atoms with Crippen molar-refractivity contribution in [3.8, 4) is 0 Å². The van der Waals surface area contributed by atoms with Crippen molar-refractivity contribution in [2.45, 2.75) is 36.6 Å². The van der Waals surface area contributed by atoms with E-state index < -0.39 is 29.2 Å². The first-order valence-corrected chi connectivity index (χ1v) is 10.8. The van der Waals surface area contributed by atoms with Crippen LogP contribution < -0.4 is 0 Å². The Morgan fingerprint density at radius 2 is 2.11 bits per heavy atom. The maximum atomic E-state index is 12.6. The lowest BCUT2D eigenvalue weighted by Crippen LogP contribution is -2.26. The van der Waals surface area contributed by atoms with E-state index in [2.05, 4.69) is 4.98 Å². The Kier molecular flexibility index (Phi) is 3.64. The van der Waals surface area contributed by atoms with E-state index in [1.54, 1.807) is 36.5 Å². The van der Waals surface area contributed by atoms with Crippen LogP contribution in [0.15, 0.2) is 59.6 Å². The number of likely N-dealkylation sites (N-methyl/N-ethyl adjacent to an activating group) is 1. The number of rotatable bonds is 6. The van der Waals surface area contributed by atoms with Crippen molar-refractivity contribution in [1.82, 2.24) is 9.88 Å². The summed E-state index contributed by atoms with van der Waals surface area (Å²) in [5.41, 5.74) is 1.92. The lowest BCUT2D eigenvalue weighted by molar-refractivity contribution is 0.310. The molecule has 1 atom stereocenters. The number of H-pyrrole nitrogens is 1. The van der Waals surface area contributed by atoms with Crippen LogP contribution in [0.2, 0.25) is 0 Å². The lowest BCUT2D eigenvalue weighted by atomic mass is 10.0. The smallest absolute Gasteiger partial charge is 0.178 e. The first kappa shape index (κ1) is 13.1. The fourth-order valence-electron chi connectivity index (χ4n) is 3.54. The molecule has 5 heteroatoms. The Morgan fingerprint density at radius 3 is 2.93 bits per heavy atom. The van der Waals surface area contributed by atoms with E-state index in [-0.39, 0.29) is 10.6 Å². The predicted octanol–water partition coefficient (Wildman–Crippen LogP) is 3.82. The van der Waals surface area contributed by atoms with Gasteiger partial charge >= 0.3 is 0 Å². The van der Waals surface area contributed by atoms with Gasteiger partial charge in [-0.3, -0.25) is 0 Å². The van der Waals surface area contributed by atoms with Crippen molar-refractivity contribution in [1.29, 1.82) is 0 Å². The highest BCUT2D eigenvalue weighted by Gasteiger charge is 2.22. The summed E-state index contributed by atoms with van der Waals surface area (Å²) in [6.07, 6.45) is 1.12. The topological polar surface area (TPSA) is 53.2 Å². The molecule has 1 saturated heterocycles. The molecule has 2 aromatic carbocycles. The van der Waals surface area contributed by atoms with Crippen molar-refractivity contribution in [3.05, 3.63) is 65.9 Å². The van der Waals surface area contributed by atoms with Gasteiger partial charge in [-0.2, -0.15) is 0 Å². The molecule has 1 aliphatic rings. The summed E-state index contributed by atoms with van der Waals surface area (Å²) in [6.45, 7) is -2.01. The highest BCUT2D eigenvalue weighted by Crippen LogP contribution is 2.26. The number of fused-ring (bicyclic) bond motifs is 1. The van der Waals surface area contributed by atoms with Crippen LogP contribution in [0, 0.1) is 0 Å². The average molecular weight is 388 g/mol. The summed E-state index contributed by atoms with van der Waals surface area (Å²) in [7, 11) is -3.42. The Hall–Kier alpha value is -2.11. The molecule has 1 N–H and O–H groups in total. The molecular weight excluding hydrogens is 356 g/mol. The number of nitrogens with zero attached hydrogens (tertiary/aromatic N) is 1. The zero-order chi connectivity index (χ0) is 23.1. The SMILES string of the molecule is [2H]C([2H])(c1c[nH]c2ccc(CCS(=O)(=O)c3ccccc3)cc12)[C@H]1CCCN1C([2H])([2H])[2H]. The largest absolute Gasteiger partial charge is 0.361 e. The number of aromatic nitrogens is 1. The van der Waals surface area contributed by atoms with Gasteiger partial charge in [-0.1, -0.05) is 24.3 Å². The molecule has 27 heavy (non-hydrogen) atoms. The molecule has 0 unspecified atom stereocenters. The molecule has 0 bridgehead atoms. The molecule has 1 aromatic heterocycles. The predicted molar refractivity (Wildman–Crippen MR) is 110 cm³/mol. The van der Waals surface area contributed by atoms with Crippen LogP contribution >= 0.6 is 0 Å². The van der Waals surface area contributed by atoms with E-state index in [0.29, 0.717) is 36.8 Å². The first-order chi connectivity index (χ1) is 15.0. The van der Waals surface area contributed by atoms with Gasteiger partial charge in [0.1, 0.15) is 0 Å². The van der Waals surface area contributed by atoms with E-state index in [1.807, 2.05) is 18.2 Å². The second kappa shape index (κ2) is 7.49. The van der Waals surface area contributed by atoms with Crippen LogP contribution in [0.5, 0.6) is 0 Å². The Labute approximate surface area is 168 Å². The minimum Gasteiger partial charge on any atom is -0.361 e. The van der Waals surface area contributed by atoms with Gasteiger partial charge < -0.3 is 9.88 Å². The van der Waals surface area contributed by atoms with Crippen molar-refractivity contribution < 1.29 is 15.3 Å². The molecule has 4 nitrogen and oxygen atoms in total. The number of aromatic amines is 1. The highest BCUT2D eigenvalue weighted by atomic mass is 32.2. The van der Waals surface area contributed by atoms with Gasteiger partial charge in [0, 0.05) is 30.0 Å². The van der Waals surface area contributed by atoms with Gasteiger partial charge in [0.2, 0.25) is 0 Å². The van der Waals surface area contributed by atoms with Gasteiger partial charge in [-0.25, -0.2) is 8.42 Å². The van der Waals surface area contributed by atoms with Gasteiger partial charge in [0.15, 0.2) is 9.84 Å². The van der Waals surface area contributed by atoms with Gasteiger partial charge in [0.25, 0.3) is 0 Å². The molecule has 0 saturated carbocycles. The van der Waals surface area contributed by atoms with E-state index in [1.165, 1.54) is 4.90 Å². The number of benzene rings is 2. The third-order valence-electron chi connectivity index (χ3n) is 5.08. The Bertz CT molecular complexity index is 1210. The van der Waals surface area contributed by atoms with Gasteiger partial charge in [0.05, 0.1) is 10.6 Å². The molecule has 1 aliphatic heterocycles. The second-order valence-electron chi connectivity index (χ2n) is 6.96. The highest BCUT2D eigenvalue weighted by molar-refractivity contribution is 7.91. The monoisotopic (exact) mass is 387 g/mol. The molecule has 142 valence electrons. The van der Waals surface area contributed by atoms with E-state index in [9.17, 15) is 8.42 Å². The number of hydrogen-bond donors (Lipinski definition) is 1. The van der Waals surface area contributed by atoms with E-state index in [4.69, 9.17) is 6.85 Å². The molecule has 2 heterocycles. The summed E-state index contributed by atoms with van der Waals surface area (Å²) in [5.74, 6) is -0.0510. The zero-order valence-electron chi connectivity index (χ0n) is 20.0. The molecule has 0 amide bonds. The summed E-state index contributed by atoms with van der Waals surface area (Å²) >= 11 is 0. The summed E-state index contributed by atoms with van der Waals surface area (Å²) < 4.78 is 66.2. The Balaban J connectivity index is 1.62. The van der Waals surface area contributed by atoms with Gasteiger partial charge in [-0.05, 0) is 74.5 Å². The maximum Gasteiger partial charge on any atom is 0.178 e. The maximum absolute atomic E-state index is 12.6. The van der Waals surface area contributed by atoms with Crippen molar-refractivity contribution in [2.24, 2.45) is 0 Å². The average Bonchev–Trinajstić information content (AvgIpc) is 3.40. The number of sulfone groups is 1. The number of nitrogens with one attached hydrogen (secondary N) is 1. The van der Waals surface area contributed by atoms with E-state index >= 15 is 0 Å². The number of aryl methyl sites for hydroxylation is 1. The third-order valence-corrected chi connectivity index (χ3v) is 6.81. The van der Waals surface area contributed by atoms with Crippen LogP contribution in [-0.4, -0.2) is 43.6 Å². The minimum absolute atomic E-state index is 0.0510. The zero-order valence-corrected chi connectivity index (χ0v) is 15.8.